The topological polar surface area (TPSA) is 61.7 Å². The van der Waals surface area contributed by atoms with Gasteiger partial charge in [-0.05, 0) is 69.8 Å². The van der Waals surface area contributed by atoms with Gasteiger partial charge in [-0.25, -0.2) is 4.98 Å². The average Bonchev–Trinajstić information content (AvgIpc) is 4.10. The summed E-state index contributed by atoms with van der Waals surface area (Å²) in [7, 11) is 0. The van der Waals surface area contributed by atoms with E-state index < -0.39 is 0 Å². The van der Waals surface area contributed by atoms with Gasteiger partial charge in [-0.3, -0.25) is 4.57 Å². The van der Waals surface area contributed by atoms with Crippen molar-refractivity contribution in [1.82, 2.24) is 24.1 Å². The Morgan fingerprint density at radius 3 is 1.43 bits per heavy atom. The fraction of sp³-hybridized carbons (Fsp3) is 0. The molecule has 0 N–H and O–H groups in total. The van der Waals surface area contributed by atoms with Crippen molar-refractivity contribution in [2.75, 3.05) is 0 Å². The number of aromatic nitrogens is 5. The van der Waals surface area contributed by atoms with Gasteiger partial charge in [0.15, 0.2) is 11.6 Å². The van der Waals surface area contributed by atoms with Gasteiger partial charge < -0.3 is 8.98 Å². The van der Waals surface area contributed by atoms with Gasteiger partial charge in [0.1, 0.15) is 11.2 Å². The molecule has 4 aromatic heterocycles. The van der Waals surface area contributed by atoms with Crippen molar-refractivity contribution in [2.45, 2.75) is 0 Å². The molecule has 0 radical (unpaired) electrons. The van der Waals surface area contributed by atoms with Gasteiger partial charge in [-0.1, -0.05) is 200 Å². The molecule has 0 aliphatic carbocycles. The number of benzene rings is 10. The van der Waals surface area contributed by atoms with Crippen LogP contribution in [0.1, 0.15) is 0 Å². The van der Waals surface area contributed by atoms with Crippen LogP contribution in [0.2, 0.25) is 0 Å². The van der Waals surface area contributed by atoms with E-state index in [2.05, 4.69) is 215 Å². The van der Waals surface area contributed by atoms with Gasteiger partial charge in [0.05, 0.1) is 22.1 Å². The van der Waals surface area contributed by atoms with Crippen molar-refractivity contribution in [3.05, 3.63) is 237 Å². The standard InChI is InChI=1S/C63H39N5O/c1-4-18-40(19-5-1)41-34-36-44(37-35-41)67-53-30-14-12-26-47(53)50-38-39-51-48-27-13-15-31-54(48)68(60(51)59(50)67)63-65-61(43-22-8-3-9-23-43)64-62(66-63)52-29-17-33-56-58(52)57-49(28-16-32-55(57)69-56)46-25-11-10-24-45(46)42-20-6-2-7-21-42/h1-39H. The van der Waals surface area contributed by atoms with Crippen LogP contribution in [0.25, 0.3) is 133 Å². The van der Waals surface area contributed by atoms with Crippen molar-refractivity contribution in [3.63, 3.8) is 0 Å². The van der Waals surface area contributed by atoms with E-state index in [1.807, 2.05) is 30.3 Å². The lowest BCUT2D eigenvalue weighted by atomic mass is 9.91. The van der Waals surface area contributed by atoms with Gasteiger partial charge in [-0.2, -0.15) is 9.97 Å². The zero-order valence-electron chi connectivity index (χ0n) is 37.2. The summed E-state index contributed by atoms with van der Waals surface area (Å²) in [6.45, 7) is 0. The summed E-state index contributed by atoms with van der Waals surface area (Å²) >= 11 is 0. The number of fused-ring (bicyclic) bond motifs is 10. The Morgan fingerprint density at radius 2 is 0.768 bits per heavy atom. The lowest BCUT2D eigenvalue weighted by molar-refractivity contribution is 0.669. The fourth-order valence-electron chi connectivity index (χ4n) is 10.6. The van der Waals surface area contributed by atoms with Crippen molar-refractivity contribution >= 4 is 65.6 Å². The second-order valence-corrected chi connectivity index (χ2v) is 17.5. The van der Waals surface area contributed by atoms with E-state index in [-0.39, 0.29) is 0 Å². The molecule has 4 heterocycles. The van der Waals surface area contributed by atoms with Gasteiger partial charge in [-0.15, -0.1) is 0 Å². The number of para-hydroxylation sites is 2. The molecule has 0 bridgehead atoms. The van der Waals surface area contributed by atoms with Gasteiger partial charge in [0.2, 0.25) is 5.95 Å². The Kier molecular flexibility index (Phi) is 8.79. The molecule has 0 atom stereocenters. The number of hydrogen-bond donors (Lipinski definition) is 0. The lowest BCUT2D eigenvalue weighted by Crippen LogP contribution is -2.07. The van der Waals surface area contributed by atoms with Crippen LogP contribution in [-0.2, 0) is 0 Å². The molecule has 0 saturated heterocycles. The highest BCUT2D eigenvalue weighted by Crippen LogP contribution is 2.45. The molecular formula is C63H39N5O. The minimum absolute atomic E-state index is 0.522. The van der Waals surface area contributed by atoms with E-state index in [0.29, 0.717) is 17.6 Å². The monoisotopic (exact) mass is 881 g/mol. The molecule has 6 nitrogen and oxygen atoms in total. The molecule has 10 aromatic carbocycles. The van der Waals surface area contributed by atoms with Crippen LogP contribution in [0.3, 0.4) is 0 Å². The van der Waals surface area contributed by atoms with E-state index in [0.717, 1.165) is 99.2 Å². The Labute approximate surface area is 396 Å². The van der Waals surface area contributed by atoms with E-state index in [1.54, 1.807) is 0 Å². The van der Waals surface area contributed by atoms with Crippen LogP contribution in [0.4, 0.5) is 0 Å². The maximum absolute atomic E-state index is 6.74. The van der Waals surface area contributed by atoms with Crippen molar-refractivity contribution < 1.29 is 4.42 Å². The Hall–Kier alpha value is -9.39. The highest BCUT2D eigenvalue weighted by atomic mass is 16.3. The normalized spacial score (nSPS) is 11.8. The van der Waals surface area contributed by atoms with E-state index in [1.165, 1.54) is 16.5 Å². The molecule has 6 heteroatoms. The second-order valence-electron chi connectivity index (χ2n) is 17.5. The summed E-state index contributed by atoms with van der Waals surface area (Å²) in [5, 5.41) is 6.49. The number of nitrogens with zero attached hydrogens (tertiary/aromatic N) is 5. The van der Waals surface area contributed by atoms with Gasteiger partial charge >= 0.3 is 0 Å². The molecule has 14 rings (SSSR count). The molecule has 0 saturated carbocycles. The van der Waals surface area contributed by atoms with Crippen LogP contribution in [0.5, 0.6) is 0 Å². The third-order valence-corrected chi connectivity index (χ3v) is 13.6. The van der Waals surface area contributed by atoms with Crippen LogP contribution >= 0.6 is 0 Å². The van der Waals surface area contributed by atoms with Crippen LogP contribution < -0.4 is 0 Å². The second kappa shape index (κ2) is 15.6. The smallest absolute Gasteiger partial charge is 0.238 e. The van der Waals surface area contributed by atoms with E-state index >= 15 is 0 Å². The molecule has 14 aromatic rings. The molecule has 0 aliphatic rings. The number of rotatable bonds is 7. The van der Waals surface area contributed by atoms with Crippen molar-refractivity contribution in [2.24, 2.45) is 0 Å². The van der Waals surface area contributed by atoms with Gasteiger partial charge in [0.25, 0.3) is 0 Å². The van der Waals surface area contributed by atoms with Crippen molar-refractivity contribution in [3.8, 4) is 67.8 Å². The minimum atomic E-state index is 0.522. The van der Waals surface area contributed by atoms with Crippen LogP contribution in [-0.4, -0.2) is 24.1 Å². The van der Waals surface area contributed by atoms with E-state index in [9.17, 15) is 0 Å². The average molecular weight is 882 g/mol. The predicted octanol–water partition coefficient (Wildman–Crippen LogP) is 16.3. The quantitative estimate of drug-likeness (QED) is 0.160. The van der Waals surface area contributed by atoms with Crippen molar-refractivity contribution in [1.29, 1.82) is 0 Å². The molecule has 0 fully saturated rings. The molecular weight excluding hydrogens is 843 g/mol. The summed E-state index contributed by atoms with van der Waals surface area (Å²) < 4.78 is 11.4. The van der Waals surface area contributed by atoms with Gasteiger partial charge in [0, 0.05) is 49.1 Å². The maximum atomic E-state index is 6.74. The molecule has 322 valence electrons. The first-order chi connectivity index (χ1) is 34.2. The Morgan fingerprint density at radius 1 is 0.290 bits per heavy atom. The first kappa shape index (κ1) is 38.8. The fourth-order valence-corrected chi connectivity index (χ4v) is 10.6. The largest absolute Gasteiger partial charge is 0.456 e. The maximum Gasteiger partial charge on any atom is 0.238 e. The predicted molar refractivity (Wildman–Crippen MR) is 283 cm³/mol. The Balaban J connectivity index is 1.07. The van der Waals surface area contributed by atoms with Crippen LogP contribution in [0.15, 0.2) is 241 Å². The first-order valence-electron chi connectivity index (χ1n) is 23.3. The highest BCUT2D eigenvalue weighted by molar-refractivity contribution is 6.24. The SMILES string of the molecule is c1ccc(-c2ccc(-n3c4ccccc4c4ccc5c6ccccc6n(-c6nc(-c7ccccc7)nc(-c7cccc8oc9cccc(-c%10ccccc%10-c%10ccccc%10)c9c78)n6)c5c43)cc2)cc1. The molecule has 0 unspecified atom stereocenters. The Bertz CT molecular complexity index is 4280. The third-order valence-electron chi connectivity index (χ3n) is 13.6. The highest BCUT2D eigenvalue weighted by Gasteiger charge is 2.25. The molecule has 0 spiro atoms. The minimum Gasteiger partial charge on any atom is -0.456 e. The summed E-state index contributed by atoms with van der Waals surface area (Å²) in [5.74, 6) is 1.65. The van der Waals surface area contributed by atoms with E-state index in [4.69, 9.17) is 19.4 Å². The summed E-state index contributed by atoms with van der Waals surface area (Å²) in [4.78, 5) is 16.4. The molecule has 0 aliphatic heterocycles. The molecule has 69 heavy (non-hydrogen) atoms. The zero-order chi connectivity index (χ0) is 45.4. The summed E-state index contributed by atoms with van der Waals surface area (Å²) in [6, 6.07) is 83.2. The third kappa shape index (κ3) is 6.16. The lowest BCUT2D eigenvalue weighted by Gasteiger charge is -2.14. The number of hydrogen-bond acceptors (Lipinski definition) is 4. The first-order valence-corrected chi connectivity index (χ1v) is 23.3. The van der Waals surface area contributed by atoms with Crippen LogP contribution in [0, 0.1) is 0 Å². The summed E-state index contributed by atoms with van der Waals surface area (Å²) in [6.07, 6.45) is 0. The summed E-state index contributed by atoms with van der Waals surface area (Å²) in [5.41, 5.74) is 15.4. The number of furan rings is 1. The molecule has 0 amide bonds. The zero-order valence-corrected chi connectivity index (χ0v) is 37.2.